The molecule has 0 bridgehead atoms. The van der Waals surface area contributed by atoms with Gasteiger partial charge in [0.2, 0.25) is 15.9 Å². The number of piperazine rings is 1. The molecule has 218 valence electrons. The zero-order chi connectivity index (χ0) is 29.4. The fourth-order valence-corrected chi connectivity index (χ4v) is 5.51. The summed E-state index contributed by atoms with van der Waals surface area (Å²) in [5.74, 6) is 0.544. The summed E-state index contributed by atoms with van der Waals surface area (Å²) in [6.45, 7) is 3.67. The summed E-state index contributed by atoms with van der Waals surface area (Å²) >= 11 is 0. The topological polar surface area (TPSA) is 152 Å². The standard InChI is InChI=1S/C27H30N10O4S/c1-34-9-11-35(12-10-34)17-25(38)31-26-20-15-29-21(19-16-30-36-8-4-7-28-27(19)36)14-23(20)37(32-26)22-6-5-18(13-24(22)41-2)33-42(3,39)40/h4-8,13-16,33H,9-12,17H2,1-3H3,(H,31,32,38). The first-order chi connectivity index (χ1) is 20.2. The Bertz CT molecular complexity index is 1890. The zero-order valence-electron chi connectivity index (χ0n) is 23.4. The Balaban J connectivity index is 1.43. The number of likely N-dealkylation sites (N-methyl/N-ethyl adjacent to an activating group) is 1. The highest BCUT2D eigenvalue weighted by Gasteiger charge is 2.22. The maximum absolute atomic E-state index is 13.1. The van der Waals surface area contributed by atoms with Crippen LogP contribution in [0.5, 0.6) is 5.75 Å². The SMILES string of the molecule is COc1cc(NS(C)(=O)=O)ccc1-n1nc(NC(=O)CN2CCN(C)CC2)c2cnc(-c3cnn4cccnc34)cc21. The summed E-state index contributed by atoms with van der Waals surface area (Å²) in [6.07, 6.45) is 7.93. The molecule has 1 aliphatic heterocycles. The van der Waals surface area contributed by atoms with E-state index < -0.39 is 10.0 Å². The number of carbonyl (C=O) groups is 1. The number of ether oxygens (including phenoxy) is 1. The van der Waals surface area contributed by atoms with Gasteiger partial charge in [-0.1, -0.05) is 0 Å². The second-order valence-corrected chi connectivity index (χ2v) is 11.9. The fraction of sp³-hybridized carbons (Fsp3) is 0.296. The van der Waals surface area contributed by atoms with Crippen LogP contribution in [0.1, 0.15) is 0 Å². The van der Waals surface area contributed by atoms with E-state index in [1.165, 1.54) is 7.11 Å². The molecule has 6 rings (SSSR count). The van der Waals surface area contributed by atoms with Gasteiger partial charge in [-0.25, -0.2) is 22.6 Å². The van der Waals surface area contributed by atoms with E-state index in [0.717, 1.165) is 38.0 Å². The van der Waals surface area contributed by atoms with Crippen LogP contribution in [0, 0.1) is 0 Å². The number of pyridine rings is 1. The maximum Gasteiger partial charge on any atom is 0.239 e. The van der Waals surface area contributed by atoms with Gasteiger partial charge in [0.1, 0.15) is 11.4 Å². The van der Waals surface area contributed by atoms with Crippen LogP contribution in [0.15, 0.2) is 55.1 Å². The number of nitrogens with zero attached hydrogens (tertiary/aromatic N) is 8. The third kappa shape index (κ3) is 5.61. The van der Waals surface area contributed by atoms with Gasteiger partial charge in [0, 0.05) is 50.8 Å². The van der Waals surface area contributed by atoms with E-state index >= 15 is 0 Å². The van der Waals surface area contributed by atoms with Crippen LogP contribution in [-0.2, 0) is 14.8 Å². The van der Waals surface area contributed by atoms with E-state index in [4.69, 9.17) is 9.84 Å². The van der Waals surface area contributed by atoms with Crippen LogP contribution in [-0.4, -0.2) is 107 Å². The van der Waals surface area contributed by atoms with Gasteiger partial charge in [0.05, 0.1) is 54.0 Å². The van der Waals surface area contributed by atoms with E-state index in [1.54, 1.807) is 58.3 Å². The van der Waals surface area contributed by atoms with Crippen molar-refractivity contribution in [2.24, 2.45) is 0 Å². The summed E-state index contributed by atoms with van der Waals surface area (Å²) in [5, 5.41) is 12.7. The number of aromatic nitrogens is 6. The van der Waals surface area contributed by atoms with Crippen LogP contribution in [0.3, 0.4) is 0 Å². The maximum atomic E-state index is 13.1. The number of methoxy groups -OCH3 is 1. The molecule has 15 heteroatoms. The quantitative estimate of drug-likeness (QED) is 0.273. The van der Waals surface area contributed by atoms with Crippen molar-refractivity contribution in [1.82, 2.24) is 39.2 Å². The molecule has 1 saturated heterocycles. The Labute approximate surface area is 242 Å². The first-order valence-corrected chi connectivity index (χ1v) is 15.1. The summed E-state index contributed by atoms with van der Waals surface area (Å²) in [7, 11) is 0.0672. The predicted octanol–water partition coefficient (Wildman–Crippen LogP) is 1.70. The van der Waals surface area contributed by atoms with Crippen LogP contribution in [0.2, 0.25) is 0 Å². The lowest BCUT2D eigenvalue weighted by Gasteiger charge is -2.31. The predicted molar refractivity (Wildman–Crippen MR) is 158 cm³/mol. The first kappa shape index (κ1) is 27.6. The number of amides is 1. The molecule has 0 saturated carbocycles. The third-order valence-corrected chi connectivity index (χ3v) is 7.66. The van der Waals surface area contributed by atoms with Crippen molar-refractivity contribution in [3.63, 3.8) is 0 Å². The number of carbonyl (C=O) groups excluding carboxylic acids is 1. The molecule has 42 heavy (non-hydrogen) atoms. The minimum absolute atomic E-state index is 0.179. The van der Waals surface area contributed by atoms with Gasteiger partial charge in [-0.3, -0.25) is 19.4 Å². The zero-order valence-corrected chi connectivity index (χ0v) is 24.2. The lowest BCUT2D eigenvalue weighted by molar-refractivity contribution is -0.117. The Hall–Kier alpha value is -4.60. The average molecular weight is 591 g/mol. The van der Waals surface area contributed by atoms with E-state index in [2.05, 4.69) is 42.0 Å². The van der Waals surface area contributed by atoms with Gasteiger partial charge in [-0.15, -0.1) is 5.10 Å². The van der Waals surface area contributed by atoms with Crippen LogP contribution in [0.25, 0.3) is 33.5 Å². The molecular weight excluding hydrogens is 560 g/mol. The highest BCUT2D eigenvalue weighted by atomic mass is 32.2. The number of benzene rings is 1. The number of anilines is 2. The van der Waals surface area contributed by atoms with Crippen molar-refractivity contribution < 1.29 is 17.9 Å². The minimum Gasteiger partial charge on any atom is -0.494 e. The molecule has 2 N–H and O–H groups in total. The second kappa shape index (κ2) is 11.0. The van der Waals surface area contributed by atoms with Gasteiger partial charge in [-0.05, 0) is 31.3 Å². The molecule has 5 aromatic rings. The Morgan fingerprint density at radius 3 is 2.67 bits per heavy atom. The lowest BCUT2D eigenvalue weighted by atomic mass is 10.2. The van der Waals surface area contributed by atoms with Gasteiger partial charge in [0.15, 0.2) is 11.5 Å². The van der Waals surface area contributed by atoms with Crippen LogP contribution < -0.4 is 14.8 Å². The van der Waals surface area contributed by atoms with Crippen molar-refractivity contribution in [2.45, 2.75) is 0 Å². The molecule has 0 atom stereocenters. The van der Waals surface area contributed by atoms with Gasteiger partial charge >= 0.3 is 0 Å². The van der Waals surface area contributed by atoms with Crippen molar-refractivity contribution in [3.05, 3.63) is 55.1 Å². The van der Waals surface area contributed by atoms with Crippen LogP contribution >= 0.6 is 0 Å². The Morgan fingerprint density at radius 1 is 1.10 bits per heavy atom. The monoisotopic (exact) mass is 590 g/mol. The number of nitrogens with one attached hydrogen (secondary N) is 2. The molecule has 0 radical (unpaired) electrons. The normalized spacial score (nSPS) is 14.8. The highest BCUT2D eigenvalue weighted by Crippen LogP contribution is 2.34. The van der Waals surface area contributed by atoms with Gasteiger partial charge in [0.25, 0.3) is 0 Å². The summed E-state index contributed by atoms with van der Waals surface area (Å²) in [6, 6.07) is 8.54. The summed E-state index contributed by atoms with van der Waals surface area (Å²) < 4.78 is 35.0. The molecule has 1 aliphatic rings. The molecule has 0 unspecified atom stereocenters. The second-order valence-electron chi connectivity index (χ2n) is 10.2. The van der Waals surface area contributed by atoms with Crippen LogP contribution in [0.4, 0.5) is 11.5 Å². The van der Waals surface area contributed by atoms with E-state index in [-0.39, 0.29) is 12.5 Å². The smallest absolute Gasteiger partial charge is 0.239 e. The van der Waals surface area contributed by atoms with E-state index in [0.29, 0.717) is 45.2 Å². The van der Waals surface area contributed by atoms with Crippen molar-refractivity contribution in [2.75, 3.05) is 63.2 Å². The van der Waals surface area contributed by atoms with Crippen molar-refractivity contribution >= 4 is 44.0 Å². The molecule has 5 heterocycles. The average Bonchev–Trinajstić information content (AvgIpc) is 3.55. The molecular formula is C27H30N10O4S. The number of rotatable bonds is 8. The van der Waals surface area contributed by atoms with E-state index in [1.807, 2.05) is 6.07 Å². The Kier molecular flexibility index (Phi) is 7.22. The van der Waals surface area contributed by atoms with Crippen molar-refractivity contribution in [1.29, 1.82) is 0 Å². The number of fused-ring (bicyclic) bond motifs is 2. The van der Waals surface area contributed by atoms with Crippen molar-refractivity contribution in [3.8, 4) is 22.7 Å². The molecule has 1 aromatic carbocycles. The molecule has 1 fully saturated rings. The third-order valence-electron chi connectivity index (χ3n) is 7.05. The number of hydrogen-bond acceptors (Lipinski definition) is 10. The van der Waals surface area contributed by atoms with Gasteiger partial charge in [-0.2, -0.15) is 5.10 Å². The fourth-order valence-electron chi connectivity index (χ4n) is 4.95. The molecule has 0 aliphatic carbocycles. The van der Waals surface area contributed by atoms with Gasteiger partial charge < -0.3 is 15.0 Å². The largest absolute Gasteiger partial charge is 0.494 e. The number of hydrogen-bond donors (Lipinski definition) is 2. The molecule has 1 amide bonds. The Morgan fingerprint density at radius 2 is 1.90 bits per heavy atom. The molecule has 4 aromatic heterocycles. The minimum atomic E-state index is -3.49. The van der Waals surface area contributed by atoms with E-state index in [9.17, 15) is 13.2 Å². The highest BCUT2D eigenvalue weighted by molar-refractivity contribution is 7.92. The summed E-state index contributed by atoms with van der Waals surface area (Å²) in [5.41, 5.74) is 3.51. The molecule has 0 spiro atoms. The summed E-state index contributed by atoms with van der Waals surface area (Å²) in [4.78, 5) is 26.6. The first-order valence-electron chi connectivity index (χ1n) is 13.2. The molecule has 14 nitrogen and oxygen atoms in total. The lowest BCUT2D eigenvalue weighted by Crippen LogP contribution is -2.47. The number of sulfonamides is 1.